The maximum absolute atomic E-state index is 13.6. The van der Waals surface area contributed by atoms with Gasteiger partial charge in [-0.15, -0.1) is 11.3 Å². The Bertz CT molecular complexity index is 1350. The van der Waals surface area contributed by atoms with Crippen LogP contribution >= 0.6 is 11.3 Å². The summed E-state index contributed by atoms with van der Waals surface area (Å²) in [6, 6.07) is 4.03. The Morgan fingerprint density at radius 3 is 2.88 bits per heavy atom. The molecule has 0 unspecified atom stereocenters. The summed E-state index contributed by atoms with van der Waals surface area (Å²) < 4.78 is 52.5. The summed E-state index contributed by atoms with van der Waals surface area (Å²) in [5.74, 6) is -1.61. The quantitative estimate of drug-likeness (QED) is 0.408. The molecule has 5 rings (SSSR count). The predicted molar refractivity (Wildman–Crippen MR) is 115 cm³/mol. The number of rotatable bonds is 4. The van der Waals surface area contributed by atoms with Gasteiger partial charge in [-0.1, -0.05) is 0 Å². The third kappa shape index (κ3) is 4.46. The zero-order valence-electron chi connectivity index (χ0n) is 17.0. The van der Waals surface area contributed by atoms with Crippen molar-refractivity contribution in [2.45, 2.75) is 25.7 Å². The summed E-state index contributed by atoms with van der Waals surface area (Å²) in [7, 11) is 0. The maximum Gasteiger partial charge on any atom is 0.416 e. The van der Waals surface area contributed by atoms with Crippen molar-refractivity contribution < 1.29 is 22.4 Å². The Morgan fingerprint density at radius 1 is 1.21 bits per heavy atom. The second-order valence-corrected chi connectivity index (χ2v) is 8.81. The minimum atomic E-state index is -4.70. The Balaban J connectivity index is 1.29. The van der Waals surface area contributed by atoms with Crippen molar-refractivity contribution in [2.75, 3.05) is 11.9 Å². The average molecular weight is 475 g/mol. The van der Waals surface area contributed by atoms with Crippen LogP contribution in [0.5, 0.6) is 0 Å². The molecule has 3 aromatic heterocycles. The molecule has 33 heavy (non-hydrogen) atoms. The molecular formula is C22H17F4N5OS. The number of nitrogens with one attached hydrogen (secondary N) is 2. The number of carbonyl (C=O) groups is 1. The average Bonchev–Trinajstić information content (AvgIpc) is 3.39. The van der Waals surface area contributed by atoms with Gasteiger partial charge in [-0.3, -0.25) is 14.8 Å². The SMILES string of the molecule is O=C(Nc1cc(F)cc(C(F)(F)F)c1)c1csc2c1CCN(Cc1cnc3[nH]ncc3c1)C2. The van der Waals surface area contributed by atoms with Crippen LogP contribution in [0.1, 0.15) is 31.9 Å². The van der Waals surface area contributed by atoms with E-state index in [1.54, 1.807) is 17.8 Å². The van der Waals surface area contributed by atoms with Crippen LogP contribution in [0.25, 0.3) is 11.0 Å². The van der Waals surface area contributed by atoms with Crippen molar-refractivity contribution in [3.8, 4) is 0 Å². The first-order chi connectivity index (χ1) is 15.8. The molecule has 0 bridgehead atoms. The minimum Gasteiger partial charge on any atom is -0.322 e. The second-order valence-electron chi connectivity index (χ2n) is 7.84. The predicted octanol–water partition coefficient (Wildman–Crippen LogP) is 4.99. The molecule has 0 saturated heterocycles. The number of benzene rings is 1. The van der Waals surface area contributed by atoms with Crippen LogP contribution in [-0.4, -0.2) is 32.5 Å². The minimum absolute atomic E-state index is 0.230. The normalized spacial score (nSPS) is 14.4. The van der Waals surface area contributed by atoms with Crippen LogP contribution in [0.3, 0.4) is 0 Å². The van der Waals surface area contributed by atoms with E-state index >= 15 is 0 Å². The summed E-state index contributed by atoms with van der Waals surface area (Å²) in [6.45, 7) is 2.05. The van der Waals surface area contributed by atoms with E-state index < -0.39 is 23.5 Å². The molecule has 0 radical (unpaired) electrons. The number of aromatic nitrogens is 3. The number of fused-ring (bicyclic) bond motifs is 2. The summed E-state index contributed by atoms with van der Waals surface area (Å²) >= 11 is 1.43. The van der Waals surface area contributed by atoms with E-state index in [0.717, 1.165) is 39.2 Å². The van der Waals surface area contributed by atoms with Crippen molar-refractivity contribution >= 4 is 34.0 Å². The smallest absolute Gasteiger partial charge is 0.322 e. The van der Waals surface area contributed by atoms with Crippen molar-refractivity contribution in [3.63, 3.8) is 0 Å². The van der Waals surface area contributed by atoms with Gasteiger partial charge in [0.25, 0.3) is 5.91 Å². The van der Waals surface area contributed by atoms with E-state index in [0.29, 0.717) is 37.7 Å². The Hall–Kier alpha value is -3.31. The Kier molecular flexibility index (Phi) is 5.37. The van der Waals surface area contributed by atoms with Gasteiger partial charge in [-0.2, -0.15) is 18.3 Å². The molecule has 1 aliphatic heterocycles. The monoisotopic (exact) mass is 475 g/mol. The van der Waals surface area contributed by atoms with Gasteiger partial charge in [0.2, 0.25) is 0 Å². The number of nitrogens with zero attached hydrogens (tertiary/aromatic N) is 3. The van der Waals surface area contributed by atoms with Crippen LogP contribution < -0.4 is 5.32 Å². The second kappa shape index (κ2) is 8.23. The molecule has 4 aromatic rings. The largest absolute Gasteiger partial charge is 0.416 e. The van der Waals surface area contributed by atoms with Crippen LogP contribution in [0.4, 0.5) is 23.2 Å². The molecular weight excluding hydrogens is 458 g/mol. The highest BCUT2D eigenvalue weighted by Crippen LogP contribution is 2.33. The molecule has 0 fully saturated rings. The lowest BCUT2D eigenvalue weighted by atomic mass is 10.0. The van der Waals surface area contributed by atoms with Crippen LogP contribution in [0.15, 0.2) is 42.0 Å². The lowest BCUT2D eigenvalue weighted by Crippen LogP contribution is -2.30. The number of pyridine rings is 1. The topological polar surface area (TPSA) is 73.9 Å². The van der Waals surface area contributed by atoms with Gasteiger partial charge in [-0.25, -0.2) is 9.37 Å². The third-order valence-electron chi connectivity index (χ3n) is 5.51. The number of carbonyl (C=O) groups excluding carboxylic acids is 1. The van der Waals surface area contributed by atoms with Crippen molar-refractivity contribution in [1.29, 1.82) is 0 Å². The van der Waals surface area contributed by atoms with Crippen molar-refractivity contribution in [2.24, 2.45) is 0 Å². The third-order valence-corrected chi connectivity index (χ3v) is 6.52. The first-order valence-corrected chi connectivity index (χ1v) is 10.9. The van der Waals surface area contributed by atoms with Gasteiger partial charge < -0.3 is 5.32 Å². The molecule has 1 aromatic carbocycles. The van der Waals surface area contributed by atoms with E-state index in [2.05, 4.69) is 25.4 Å². The first-order valence-electron chi connectivity index (χ1n) is 10.0. The fraction of sp³-hybridized carbons (Fsp3) is 0.227. The molecule has 170 valence electrons. The number of amides is 1. The van der Waals surface area contributed by atoms with Crippen LogP contribution in [0, 0.1) is 5.82 Å². The van der Waals surface area contributed by atoms with E-state index in [4.69, 9.17) is 0 Å². The van der Waals surface area contributed by atoms with E-state index in [-0.39, 0.29) is 5.69 Å². The highest BCUT2D eigenvalue weighted by Gasteiger charge is 2.32. The molecule has 0 spiro atoms. The number of anilines is 1. The highest BCUT2D eigenvalue weighted by atomic mass is 32.1. The number of H-pyrrole nitrogens is 1. The van der Waals surface area contributed by atoms with Crippen molar-refractivity contribution in [1.82, 2.24) is 20.1 Å². The molecule has 0 aliphatic carbocycles. The molecule has 4 heterocycles. The molecule has 2 N–H and O–H groups in total. The maximum atomic E-state index is 13.6. The van der Waals surface area contributed by atoms with Gasteiger partial charge in [-0.05, 0) is 41.8 Å². The summed E-state index contributed by atoms with van der Waals surface area (Å²) in [4.78, 5) is 20.4. The van der Waals surface area contributed by atoms with Crippen molar-refractivity contribution in [3.05, 3.63) is 75.0 Å². The van der Waals surface area contributed by atoms with Crippen LogP contribution in [0.2, 0.25) is 0 Å². The molecule has 6 nitrogen and oxygen atoms in total. The zero-order chi connectivity index (χ0) is 23.2. The lowest BCUT2D eigenvalue weighted by Gasteiger charge is -2.27. The van der Waals surface area contributed by atoms with Gasteiger partial charge in [0.05, 0.1) is 17.3 Å². The number of aromatic amines is 1. The van der Waals surface area contributed by atoms with Crippen LogP contribution in [-0.2, 0) is 25.7 Å². The molecule has 1 aliphatic rings. The number of hydrogen-bond acceptors (Lipinski definition) is 5. The number of alkyl halides is 3. The summed E-state index contributed by atoms with van der Waals surface area (Å²) in [5, 5.41) is 11.8. The summed E-state index contributed by atoms with van der Waals surface area (Å²) in [6.07, 6.45) is -0.553. The molecule has 1 amide bonds. The number of thiophene rings is 1. The number of hydrogen-bond donors (Lipinski definition) is 2. The van der Waals surface area contributed by atoms with Gasteiger partial charge in [0, 0.05) is 47.2 Å². The fourth-order valence-electron chi connectivity index (χ4n) is 3.96. The Labute approximate surface area is 189 Å². The Morgan fingerprint density at radius 2 is 2.06 bits per heavy atom. The van der Waals surface area contributed by atoms with E-state index in [1.807, 2.05) is 6.07 Å². The fourth-order valence-corrected chi connectivity index (χ4v) is 5.08. The zero-order valence-corrected chi connectivity index (χ0v) is 17.9. The number of halogens is 4. The van der Waals surface area contributed by atoms with Gasteiger partial charge in [0.15, 0.2) is 5.65 Å². The highest BCUT2D eigenvalue weighted by molar-refractivity contribution is 7.10. The van der Waals surface area contributed by atoms with E-state index in [9.17, 15) is 22.4 Å². The lowest BCUT2D eigenvalue weighted by molar-refractivity contribution is -0.137. The molecule has 0 saturated carbocycles. The molecule has 11 heteroatoms. The summed E-state index contributed by atoms with van der Waals surface area (Å²) in [5.41, 5.74) is 1.69. The molecule has 0 atom stereocenters. The standard InChI is InChI=1S/C22H17F4N5OS/c23-15-4-14(22(24,25)26)5-16(6-15)29-21(32)18-11-33-19-10-31(2-1-17(18)19)9-12-3-13-8-28-30-20(13)27-7-12/h3-8,11H,1-2,9-10H2,(H,29,32)(H,27,28,30). The van der Waals surface area contributed by atoms with Gasteiger partial charge >= 0.3 is 6.18 Å². The van der Waals surface area contributed by atoms with E-state index in [1.165, 1.54) is 11.3 Å². The van der Waals surface area contributed by atoms with Gasteiger partial charge in [0.1, 0.15) is 5.82 Å². The first kappa shape index (κ1) is 21.5.